The molecular formula is C15H22O4. The van der Waals surface area contributed by atoms with Crippen LogP contribution < -0.4 is 0 Å². The quantitative estimate of drug-likeness (QED) is 0.639. The lowest BCUT2D eigenvalue weighted by molar-refractivity contribution is -0.137. The number of unbranched alkanes of at least 4 members (excludes halogenated alkanes) is 1. The highest BCUT2D eigenvalue weighted by atomic mass is 16.5. The van der Waals surface area contributed by atoms with Crippen molar-refractivity contribution in [3.05, 3.63) is 35.9 Å². The Balaban J connectivity index is 1.98. The van der Waals surface area contributed by atoms with E-state index in [4.69, 9.17) is 9.84 Å². The number of aliphatic hydroxyl groups is 1. The van der Waals surface area contributed by atoms with Gasteiger partial charge in [0.05, 0.1) is 12.7 Å². The fourth-order valence-corrected chi connectivity index (χ4v) is 1.78. The molecule has 0 aromatic heterocycles. The van der Waals surface area contributed by atoms with Crippen LogP contribution in [0.5, 0.6) is 0 Å². The largest absolute Gasteiger partial charge is 0.481 e. The van der Waals surface area contributed by atoms with Crippen molar-refractivity contribution in [3.8, 4) is 0 Å². The van der Waals surface area contributed by atoms with Gasteiger partial charge in [-0.2, -0.15) is 0 Å². The highest BCUT2D eigenvalue weighted by Crippen LogP contribution is 2.08. The van der Waals surface area contributed by atoms with Crippen molar-refractivity contribution >= 4 is 5.97 Å². The van der Waals surface area contributed by atoms with Gasteiger partial charge in [-0.05, 0) is 24.8 Å². The lowest BCUT2D eigenvalue weighted by Crippen LogP contribution is -2.10. The zero-order valence-electron chi connectivity index (χ0n) is 11.1. The predicted octanol–water partition coefficient (Wildman–Crippen LogP) is 2.60. The first-order chi connectivity index (χ1) is 9.18. The first kappa shape index (κ1) is 15.7. The Hall–Kier alpha value is -1.39. The average molecular weight is 266 g/mol. The summed E-state index contributed by atoms with van der Waals surface area (Å²) >= 11 is 0. The molecule has 0 aliphatic heterocycles. The molecule has 19 heavy (non-hydrogen) atoms. The van der Waals surface area contributed by atoms with Crippen LogP contribution in [0.3, 0.4) is 0 Å². The van der Waals surface area contributed by atoms with E-state index in [1.165, 1.54) is 0 Å². The fraction of sp³-hybridized carbons (Fsp3) is 0.533. The topological polar surface area (TPSA) is 66.8 Å². The molecule has 0 saturated carbocycles. The summed E-state index contributed by atoms with van der Waals surface area (Å²) in [6.45, 7) is 1.08. The second-order valence-electron chi connectivity index (χ2n) is 4.62. The van der Waals surface area contributed by atoms with Crippen LogP contribution in [0.15, 0.2) is 30.3 Å². The Kier molecular flexibility index (Phi) is 7.86. The zero-order chi connectivity index (χ0) is 13.9. The molecule has 0 aliphatic carbocycles. The summed E-state index contributed by atoms with van der Waals surface area (Å²) in [5, 5.41) is 18.2. The van der Waals surface area contributed by atoms with E-state index < -0.39 is 12.1 Å². The fourth-order valence-electron chi connectivity index (χ4n) is 1.78. The van der Waals surface area contributed by atoms with Gasteiger partial charge in [-0.3, -0.25) is 4.79 Å². The molecule has 1 rings (SSSR count). The van der Waals surface area contributed by atoms with Crippen molar-refractivity contribution in [2.75, 3.05) is 6.61 Å². The second-order valence-corrected chi connectivity index (χ2v) is 4.62. The van der Waals surface area contributed by atoms with Gasteiger partial charge in [0.1, 0.15) is 0 Å². The molecular weight excluding hydrogens is 244 g/mol. The predicted molar refractivity (Wildman–Crippen MR) is 72.8 cm³/mol. The van der Waals surface area contributed by atoms with Gasteiger partial charge in [0.15, 0.2) is 0 Å². The number of aliphatic carboxylic acids is 1. The molecule has 2 N–H and O–H groups in total. The molecule has 0 saturated heterocycles. The van der Waals surface area contributed by atoms with Gasteiger partial charge >= 0.3 is 5.97 Å². The van der Waals surface area contributed by atoms with Gasteiger partial charge < -0.3 is 14.9 Å². The number of carboxylic acids is 1. The normalized spacial score (nSPS) is 12.3. The Morgan fingerprint density at radius 3 is 2.58 bits per heavy atom. The maximum Gasteiger partial charge on any atom is 0.303 e. The van der Waals surface area contributed by atoms with Gasteiger partial charge in [0.2, 0.25) is 0 Å². The average Bonchev–Trinajstić information content (AvgIpc) is 2.41. The van der Waals surface area contributed by atoms with E-state index in [1.54, 1.807) is 0 Å². The van der Waals surface area contributed by atoms with Crippen LogP contribution in [-0.2, 0) is 16.1 Å². The number of rotatable bonds is 10. The number of ether oxygens (including phenoxy) is 1. The monoisotopic (exact) mass is 266 g/mol. The zero-order valence-corrected chi connectivity index (χ0v) is 11.1. The van der Waals surface area contributed by atoms with Crippen molar-refractivity contribution in [3.63, 3.8) is 0 Å². The van der Waals surface area contributed by atoms with Crippen LogP contribution in [0.2, 0.25) is 0 Å². The highest BCUT2D eigenvalue weighted by Gasteiger charge is 2.05. The van der Waals surface area contributed by atoms with E-state index >= 15 is 0 Å². The third-order valence-electron chi connectivity index (χ3n) is 2.88. The van der Waals surface area contributed by atoms with Crippen LogP contribution >= 0.6 is 0 Å². The van der Waals surface area contributed by atoms with Gasteiger partial charge in [0.25, 0.3) is 0 Å². The lowest BCUT2D eigenvalue weighted by Gasteiger charge is -2.10. The molecule has 0 amide bonds. The highest BCUT2D eigenvalue weighted by molar-refractivity contribution is 5.66. The van der Waals surface area contributed by atoms with E-state index in [0.29, 0.717) is 32.5 Å². The van der Waals surface area contributed by atoms with Crippen molar-refractivity contribution < 1.29 is 19.7 Å². The molecule has 1 aromatic carbocycles. The van der Waals surface area contributed by atoms with Gasteiger partial charge in [-0.1, -0.05) is 36.8 Å². The van der Waals surface area contributed by atoms with Crippen molar-refractivity contribution in [1.29, 1.82) is 0 Å². The molecule has 4 nitrogen and oxygen atoms in total. The molecule has 0 radical (unpaired) electrons. The maximum absolute atomic E-state index is 10.3. The lowest BCUT2D eigenvalue weighted by atomic mass is 10.1. The molecule has 0 fully saturated rings. The third-order valence-corrected chi connectivity index (χ3v) is 2.88. The summed E-state index contributed by atoms with van der Waals surface area (Å²) in [7, 11) is 0. The number of hydrogen-bond acceptors (Lipinski definition) is 3. The van der Waals surface area contributed by atoms with Crippen molar-refractivity contribution in [1.82, 2.24) is 0 Å². The van der Waals surface area contributed by atoms with Crippen LogP contribution in [0, 0.1) is 0 Å². The van der Waals surface area contributed by atoms with E-state index in [1.807, 2.05) is 30.3 Å². The first-order valence-electron chi connectivity index (χ1n) is 6.70. The van der Waals surface area contributed by atoms with Crippen LogP contribution in [0.25, 0.3) is 0 Å². The maximum atomic E-state index is 10.3. The summed E-state index contributed by atoms with van der Waals surface area (Å²) in [6.07, 6.45) is 2.38. The molecule has 106 valence electrons. The smallest absolute Gasteiger partial charge is 0.303 e. The van der Waals surface area contributed by atoms with Gasteiger partial charge in [0, 0.05) is 13.0 Å². The second kappa shape index (κ2) is 9.53. The summed E-state index contributed by atoms with van der Waals surface area (Å²) in [4.78, 5) is 10.3. The number of benzene rings is 1. The van der Waals surface area contributed by atoms with Crippen LogP contribution in [0.4, 0.5) is 0 Å². The number of carbonyl (C=O) groups is 1. The Labute approximate surface area is 114 Å². The minimum atomic E-state index is -0.777. The van der Waals surface area contributed by atoms with E-state index in [2.05, 4.69) is 0 Å². The van der Waals surface area contributed by atoms with Gasteiger partial charge in [-0.15, -0.1) is 0 Å². The van der Waals surface area contributed by atoms with Crippen LogP contribution in [0.1, 0.15) is 37.7 Å². The number of hydrogen-bond donors (Lipinski definition) is 2. The molecule has 0 aliphatic rings. The molecule has 0 spiro atoms. The summed E-state index contributed by atoms with van der Waals surface area (Å²) in [5.41, 5.74) is 1.12. The van der Waals surface area contributed by atoms with E-state index in [-0.39, 0.29) is 6.42 Å². The molecule has 4 heteroatoms. The van der Waals surface area contributed by atoms with Crippen molar-refractivity contribution in [2.24, 2.45) is 0 Å². The summed E-state index contributed by atoms with van der Waals surface area (Å²) < 4.78 is 5.48. The van der Waals surface area contributed by atoms with Gasteiger partial charge in [-0.25, -0.2) is 0 Å². The Morgan fingerprint density at radius 2 is 1.89 bits per heavy atom. The minimum absolute atomic E-state index is 0.178. The first-order valence-corrected chi connectivity index (χ1v) is 6.70. The van der Waals surface area contributed by atoms with Crippen LogP contribution in [-0.4, -0.2) is 28.9 Å². The molecule has 1 atom stereocenters. The third kappa shape index (κ3) is 8.35. The SMILES string of the molecule is O=C(O)CCCC[C@H](O)CCOCc1ccccc1. The summed E-state index contributed by atoms with van der Waals surface area (Å²) in [6, 6.07) is 9.90. The number of carboxylic acid groups (broad SMARTS) is 1. The molecule has 1 aromatic rings. The number of aliphatic hydroxyl groups excluding tert-OH is 1. The Morgan fingerprint density at radius 1 is 1.16 bits per heavy atom. The Bertz CT molecular complexity index is 350. The standard InChI is InChI=1S/C15H22O4/c16-14(8-4-5-9-15(17)18)10-11-19-12-13-6-2-1-3-7-13/h1-3,6-7,14,16H,4-5,8-12H2,(H,17,18)/t14-/m0/s1. The molecule has 0 bridgehead atoms. The minimum Gasteiger partial charge on any atom is -0.481 e. The summed E-state index contributed by atoms with van der Waals surface area (Å²) in [5.74, 6) is -0.777. The van der Waals surface area contributed by atoms with E-state index in [0.717, 1.165) is 12.0 Å². The van der Waals surface area contributed by atoms with E-state index in [9.17, 15) is 9.90 Å². The molecule has 0 unspecified atom stereocenters. The van der Waals surface area contributed by atoms with Crippen molar-refractivity contribution in [2.45, 2.75) is 44.8 Å². The molecule has 0 heterocycles.